The fourth-order valence-corrected chi connectivity index (χ4v) is 6.97. The van der Waals surface area contributed by atoms with Gasteiger partial charge in [-0.2, -0.15) is 0 Å². The van der Waals surface area contributed by atoms with Crippen molar-refractivity contribution in [2.24, 2.45) is 17.8 Å². The Morgan fingerprint density at radius 1 is 0.618 bits per heavy atom. The Kier molecular flexibility index (Phi) is 4.20. The summed E-state index contributed by atoms with van der Waals surface area (Å²) in [6, 6.07) is 28.0. The predicted octanol–water partition coefficient (Wildman–Crippen LogP) is 6.79. The zero-order valence-corrected chi connectivity index (χ0v) is 18.8. The summed E-state index contributed by atoms with van der Waals surface area (Å²) in [6.07, 6.45) is 17.7. The fraction of sp³-hybridized carbons (Fsp3) is 0.156. The second kappa shape index (κ2) is 7.30. The van der Waals surface area contributed by atoms with Crippen LogP contribution < -0.4 is 4.90 Å². The van der Waals surface area contributed by atoms with Gasteiger partial charge in [0.2, 0.25) is 0 Å². The van der Waals surface area contributed by atoms with E-state index in [1.807, 2.05) is 18.2 Å². The van der Waals surface area contributed by atoms with Gasteiger partial charge in [0.25, 0.3) is 0 Å². The molecule has 5 unspecified atom stereocenters. The average molecular weight is 440 g/mol. The average Bonchev–Trinajstić information content (AvgIpc) is 2.91. The third kappa shape index (κ3) is 2.43. The van der Waals surface area contributed by atoms with E-state index in [1.165, 1.54) is 16.9 Å². The van der Waals surface area contributed by atoms with Gasteiger partial charge in [-0.05, 0) is 29.3 Å². The number of Topliss-reactive ketones (excluding diaryl/α,β-unsaturated/α-hetero) is 1. The van der Waals surface area contributed by atoms with Gasteiger partial charge in [-0.3, -0.25) is 4.79 Å². The lowest BCUT2D eigenvalue weighted by molar-refractivity contribution is 0.0836. The molecule has 0 radical (unpaired) electrons. The van der Waals surface area contributed by atoms with Crippen LogP contribution in [0.25, 0.3) is 0 Å². The molecule has 164 valence electrons. The van der Waals surface area contributed by atoms with Crippen molar-refractivity contribution in [1.29, 1.82) is 0 Å². The van der Waals surface area contributed by atoms with Crippen LogP contribution in [0.15, 0.2) is 127 Å². The van der Waals surface area contributed by atoms with E-state index in [1.54, 1.807) is 0 Å². The molecule has 1 heterocycles. The second-order valence-electron chi connectivity index (χ2n) is 9.61. The zero-order valence-electron chi connectivity index (χ0n) is 18.8. The molecule has 34 heavy (non-hydrogen) atoms. The topological polar surface area (TPSA) is 20.3 Å². The van der Waals surface area contributed by atoms with E-state index < -0.39 is 0 Å². The van der Waals surface area contributed by atoms with Crippen LogP contribution in [0.2, 0.25) is 0 Å². The third-order valence-corrected chi connectivity index (χ3v) is 8.17. The Hall–Kier alpha value is -3.91. The number of anilines is 2. The van der Waals surface area contributed by atoms with Crippen molar-refractivity contribution in [2.45, 2.75) is 11.5 Å². The quantitative estimate of drug-likeness (QED) is 0.416. The number of benzene rings is 3. The summed E-state index contributed by atoms with van der Waals surface area (Å²) in [4.78, 5) is 16.2. The molecule has 5 atom stereocenters. The van der Waals surface area contributed by atoms with Gasteiger partial charge in [-0.1, -0.05) is 109 Å². The van der Waals surface area contributed by atoms with E-state index in [2.05, 4.69) is 114 Å². The Morgan fingerprint density at radius 3 is 2.12 bits per heavy atom. The molecular formula is C32H25NO. The normalized spacial score (nSPS) is 30.0. The summed E-state index contributed by atoms with van der Waals surface area (Å²) in [6.45, 7) is 0. The largest absolute Gasteiger partial charge is 0.334 e. The SMILES string of the molecule is O=C1c2ccccc2C2(c3ccccc3N(c3ccccc3)C3C=CC=CC32)C2C=CC=CC12. The Balaban J connectivity index is 1.61. The molecule has 0 N–H and O–H groups in total. The minimum atomic E-state index is -0.343. The number of hydrogen-bond acceptors (Lipinski definition) is 2. The summed E-state index contributed by atoms with van der Waals surface area (Å²) in [5, 5.41) is 0. The van der Waals surface area contributed by atoms with Crippen molar-refractivity contribution in [3.8, 4) is 0 Å². The van der Waals surface area contributed by atoms with Crippen LogP contribution in [0.5, 0.6) is 0 Å². The van der Waals surface area contributed by atoms with Crippen molar-refractivity contribution in [3.63, 3.8) is 0 Å². The molecule has 0 aromatic heterocycles. The number of carbonyl (C=O) groups excluding carboxylic acids is 1. The number of hydrogen-bond donors (Lipinski definition) is 0. The molecule has 0 fully saturated rings. The lowest BCUT2D eigenvalue weighted by Crippen LogP contribution is -2.59. The molecule has 2 nitrogen and oxygen atoms in total. The highest BCUT2D eigenvalue weighted by atomic mass is 16.1. The van der Waals surface area contributed by atoms with E-state index in [-0.39, 0.29) is 35.0 Å². The highest BCUT2D eigenvalue weighted by Crippen LogP contribution is 2.62. The molecule has 3 aliphatic carbocycles. The van der Waals surface area contributed by atoms with Crippen LogP contribution in [-0.4, -0.2) is 11.8 Å². The molecular weight excluding hydrogens is 414 g/mol. The Bertz CT molecular complexity index is 1410. The maximum Gasteiger partial charge on any atom is 0.170 e. The number of para-hydroxylation sites is 2. The molecule has 7 rings (SSSR count). The Morgan fingerprint density at radius 2 is 1.26 bits per heavy atom. The zero-order chi connectivity index (χ0) is 22.7. The number of rotatable bonds is 1. The highest BCUT2D eigenvalue weighted by Gasteiger charge is 2.60. The van der Waals surface area contributed by atoms with E-state index >= 15 is 0 Å². The summed E-state index contributed by atoms with van der Waals surface area (Å²) in [5.41, 5.74) is 5.40. The monoisotopic (exact) mass is 439 g/mol. The highest BCUT2D eigenvalue weighted by molar-refractivity contribution is 6.03. The van der Waals surface area contributed by atoms with Crippen molar-refractivity contribution in [1.82, 2.24) is 0 Å². The lowest BCUT2D eigenvalue weighted by atomic mass is 9.47. The van der Waals surface area contributed by atoms with Crippen LogP contribution in [0.1, 0.15) is 21.5 Å². The van der Waals surface area contributed by atoms with Gasteiger partial charge in [0, 0.05) is 40.1 Å². The van der Waals surface area contributed by atoms with E-state index in [4.69, 9.17) is 0 Å². The maximum atomic E-state index is 13.7. The first-order valence-corrected chi connectivity index (χ1v) is 12.1. The van der Waals surface area contributed by atoms with Gasteiger partial charge in [-0.15, -0.1) is 0 Å². The molecule has 0 saturated carbocycles. The number of allylic oxidation sites excluding steroid dienone is 6. The van der Waals surface area contributed by atoms with Crippen LogP contribution >= 0.6 is 0 Å². The standard InChI is InChI=1S/C32H25NO/c34-31-23-14-4-6-16-25(23)32(26-17-7-5-15-24(26)31)27-18-8-10-20-29(27)33(22-12-2-1-3-13-22)30-21-11-9-19-28(30)32/h1-21,23,25,27,29H. The van der Waals surface area contributed by atoms with Crippen LogP contribution in [0, 0.1) is 17.8 Å². The van der Waals surface area contributed by atoms with Crippen LogP contribution in [0.3, 0.4) is 0 Å². The Labute approximate surface area is 200 Å². The first-order chi connectivity index (χ1) is 16.8. The van der Waals surface area contributed by atoms with E-state index in [9.17, 15) is 4.79 Å². The first kappa shape index (κ1) is 19.5. The molecule has 0 saturated heterocycles. The van der Waals surface area contributed by atoms with Crippen molar-refractivity contribution < 1.29 is 4.79 Å². The van der Waals surface area contributed by atoms with Gasteiger partial charge in [0.15, 0.2) is 5.78 Å². The molecule has 2 heteroatoms. The molecule has 3 aromatic carbocycles. The second-order valence-corrected chi connectivity index (χ2v) is 9.61. The predicted molar refractivity (Wildman–Crippen MR) is 137 cm³/mol. The minimum Gasteiger partial charge on any atom is -0.334 e. The molecule has 0 amide bonds. The molecule has 0 bridgehead atoms. The molecule has 1 aliphatic heterocycles. The lowest BCUT2D eigenvalue weighted by Gasteiger charge is -2.59. The van der Waals surface area contributed by atoms with Gasteiger partial charge < -0.3 is 4.90 Å². The van der Waals surface area contributed by atoms with Gasteiger partial charge in [0.1, 0.15) is 0 Å². The van der Waals surface area contributed by atoms with E-state index in [0.717, 1.165) is 11.1 Å². The van der Waals surface area contributed by atoms with Gasteiger partial charge >= 0.3 is 0 Å². The van der Waals surface area contributed by atoms with Crippen molar-refractivity contribution >= 4 is 17.2 Å². The van der Waals surface area contributed by atoms with Crippen LogP contribution in [0.4, 0.5) is 11.4 Å². The smallest absolute Gasteiger partial charge is 0.170 e. The van der Waals surface area contributed by atoms with Crippen molar-refractivity contribution in [3.05, 3.63) is 144 Å². The number of ketones is 1. The maximum absolute atomic E-state index is 13.7. The van der Waals surface area contributed by atoms with E-state index in [0.29, 0.717) is 0 Å². The minimum absolute atomic E-state index is 0.0580. The molecule has 1 spiro atoms. The summed E-state index contributed by atoms with van der Waals surface area (Å²) in [5.74, 6) is 0.311. The first-order valence-electron chi connectivity index (χ1n) is 12.1. The van der Waals surface area contributed by atoms with Crippen molar-refractivity contribution in [2.75, 3.05) is 4.90 Å². The number of nitrogens with zero attached hydrogens (tertiary/aromatic N) is 1. The molecule has 4 aliphatic rings. The van der Waals surface area contributed by atoms with Gasteiger partial charge in [0.05, 0.1) is 6.04 Å². The summed E-state index contributed by atoms with van der Waals surface area (Å²) in [7, 11) is 0. The number of carbonyl (C=O) groups is 1. The van der Waals surface area contributed by atoms with Crippen LogP contribution in [-0.2, 0) is 5.41 Å². The molecule has 3 aromatic rings. The third-order valence-electron chi connectivity index (χ3n) is 8.17. The van der Waals surface area contributed by atoms with Gasteiger partial charge in [-0.25, -0.2) is 0 Å². The summed E-state index contributed by atoms with van der Waals surface area (Å²) >= 11 is 0. The number of fused-ring (bicyclic) bond motifs is 8. The fourth-order valence-electron chi connectivity index (χ4n) is 6.97. The summed E-state index contributed by atoms with van der Waals surface area (Å²) < 4.78 is 0.